The number of anilines is 1. The van der Waals surface area contributed by atoms with Gasteiger partial charge in [-0.1, -0.05) is 11.8 Å². The first-order valence-electron chi connectivity index (χ1n) is 7.33. The van der Waals surface area contributed by atoms with Crippen LogP contribution in [0.2, 0.25) is 0 Å². The summed E-state index contributed by atoms with van der Waals surface area (Å²) in [6.07, 6.45) is 1.95. The minimum absolute atomic E-state index is 0.00325. The minimum atomic E-state index is -0.375. The predicted molar refractivity (Wildman–Crippen MR) is 84.5 cm³/mol. The van der Waals surface area contributed by atoms with Crippen molar-refractivity contribution in [2.24, 2.45) is 0 Å². The lowest BCUT2D eigenvalue weighted by atomic mass is 10.2. The molecule has 1 aliphatic rings. The van der Waals surface area contributed by atoms with Crippen LogP contribution in [0.15, 0.2) is 23.4 Å². The van der Waals surface area contributed by atoms with Crippen molar-refractivity contribution in [1.29, 1.82) is 0 Å². The number of rotatable bonds is 5. The van der Waals surface area contributed by atoms with Crippen LogP contribution in [0.25, 0.3) is 0 Å². The first kappa shape index (κ1) is 15.8. The molecule has 2 amide bonds. The third-order valence-electron chi connectivity index (χ3n) is 3.63. The van der Waals surface area contributed by atoms with Crippen molar-refractivity contribution >= 4 is 29.3 Å². The van der Waals surface area contributed by atoms with Crippen LogP contribution in [0.4, 0.5) is 5.69 Å². The monoisotopic (exact) mass is 307 g/mol. The molecular formula is C15H21N3O2S. The van der Waals surface area contributed by atoms with Gasteiger partial charge in [-0.05, 0) is 32.9 Å². The van der Waals surface area contributed by atoms with E-state index >= 15 is 0 Å². The Kier molecular flexibility index (Phi) is 5.22. The second-order valence-corrected chi connectivity index (χ2v) is 5.98. The highest BCUT2D eigenvalue weighted by atomic mass is 32.2. The number of thioether (sulfide) groups is 1. The van der Waals surface area contributed by atoms with Crippen molar-refractivity contribution < 1.29 is 9.59 Å². The Labute approximate surface area is 129 Å². The quantitative estimate of drug-likeness (QED) is 0.836. The lowest BCUT2D eigenvalue weighted by Crippen LogP contribution is -2.43. The van der Waals surface area contributed by atoms with E-state index in [1.807, 2.05) is 32.9 Å². The molecule has 0 spiro atoms. The van der Waals surface area contributed by atoms with E-state index in [4.69, 9.17) is 0 Å². The van der Waals surface area contributed by atoms with Crippen molar-refractivity contribution in [3.8, 4) is 0 Å². The molecule has 0 N–H and O–H groups in total. The molecule has 1 atom stereocenters. The summed E-state index contributed by atoms with van der Waals surface area (Å²) in [7, 11) is 0. The third kappa shape index (κ3) is 3.20. The van der Waals surface area contributed by atoms with Gasteiger partial charge in [-0.15, -0.1) is 0 Å². The fourth-order valence-corrected chi connectivity index (χ4v) is 3.62. The average molecular weight is 307 g/mol. The molecule has 0 unspecified atom stereocenters. The third-order valence-corrected chi connectivity index (χ3v) is 4.82. The Morgan fingerprint density at radius 2 is 2.10 bits per heavy atom. The van der Waals surface area contributed by atoms with Crippen LogP contribution in [0.5, 0.6) is 0 Å². The normalized spacial score (nSPS) is 17.6. The van der Waals surface area contributed by atoms with Gasteiger partial charge >= 0.3 is 0 Å². The molecule has 1 aromatic heterocycles. The Bertz CT molecular complexity index is 531. The molecule has 2 heterocycles. The molecule has 1 aromatic rings. The van der Waals surface area contributed by atoms with Crippen molar-refractivity contribution in [3.05, 3.63) is 18.3 Å². The van der Waals surface area contributed by atoms with Crippen LogP contribution < -0.4 is 4.90 Å². The van der Waals surface area contributed by atoms with Gasteiger partial charge in [0.15, 0.2) is 0 Å². The maximum Gasteiger partial charge on any atom is 0.241 e. The van der Waals surface area contributed by atoms with Gasteiger partial charge in [0.2, 0.25) is 11.8 Å². The molecule has 0 radical (unpaired) electrons. The van der Waals surface area contributed by atoms with Crippen LogP contribution in [0, 0.1) is 0 Å². The zero-order valence-corrected chi connectivity index (χ0v) is 13.5. The molecule has 114 valence electrons. The van der Waals surface area contributed by atoms with E-state index in [9.17, 15) is 9.59 Å². The summed E-state index contributed by atoms with van der Waals surface area (Å²) < 4.78 is 0. The number of fused-ring (bicyclic) bond motifs is 1. The summed E-state index contributed by atoms with van der Waals surface area (Å²) in [5.74, 6) is 0.0322. The summed E-state index contributed by atoms with van der Waals surface area (Å²) >= 11 is 1.40. The Hall–Kier alpha value is -1.56. The number of carbonyl (C=O) groups is 2. The zero-order chi connectivity index (χ0) is 15.4. The predicted octanol–water partition coefficient (Wildman–Crippen LogP) is 2.17. The van der Waals surface area contributed by atoms with E-state index in [1.54, 1.807) is 16.0 Å². The highest BCUT2D eigenvalue weighted by molar-refractivity contribution is 8.00. The topological polar surface area (TPSA) is 53.5 Å². The van der Waals surface area contributed by atoms with Crippen LogP contribution in [-0.4, -0.2) is 46.6 Å². The van der Waals surface area contributed by atoms with Gasteiger partial charge in [0, 0.05) is 32.3 Å². The van der Waals surface area contributed by atoms with Gasteiger partial charge in [0.05, 0.1) is 10.9 Å². The smallest absolute Gasteiger partial charge is 0.241 e. The minimum Gasteiger partial charge on any atom is -0.343 e. The van der Waals surface area contributed by atoms with E-state index < -0.39 is 0 Å². The number of pyridine rings is 1. The van der Waals surface area contributed by atoms with E-state index in [0.29, 0.717) is 19.6 Å². The van der Waals surface area contributed by atoms with Gasteiger partial charge in [-0.3, -0.25) is 9.59 Å². The Morgan fingerprint density at radius 3 is 2.71 bits per heavy atom. The first-order valence-corrected chi connectivity index (χ1v) is 8.21. The van der Waals surface area contributed by atoms with Gasteiger partial charge in [-0.25, -0.2) is 4.98 Å². The summed E-state index contributed by atoms with van der Waals surface area (Å²) in [6.45, 7) is 7.78. The van der Waals surface area contributed by atoms with E-state index in [2.05, 4.69) is 4.98 Å². The summed E-state index contributed by atoms with van der Waals surface area (Å²) in [5, 5.41) is 0.455. The van der Waals surface area contributed by atoms with Gasteiger partial charge in [0.25, 0.3) is 0 Å². The highest BCUT2D eigenvalue weighted by Gasteiger charge is 2.35. The van der Waals surface area contributed by atoms with E-state index in [-0.39, 0.29) is 23.5 Å². The Morgan fingerprint density at radius 1 is 1.38 bits per heavy atom. The molecule has 5 nitrogen and oxygen atoms in total. The largest absolute Gasteiger partial charge is 0.343 e. The lowest BCUT2D eigenvalue weighted by molar-refractivity contribution is -0.132. The number of nitrogens with zero attached hydrogens (tertiary/aromatic N) is 3. The van der Waals surface area contributed by atoms with Crippen molar-refractivity contribution in [2.45, 2.75) is 37.5 Å². The Balaban J connectivity index is 2.19. The molecule has 21 heavy (non-hydrogen) atoms. The van der Waals surface area contributed by atoms with Crippen molar-refractivity contribution in [3.63, 3.8) is 0 Å². The molecule has 2 rings (SSSR count). The highest BCUT2D eigenvalue weighted by Crippen LogP contribution is 2.38. The van der Waals surface area contributed by atoms with Gasteiger partial charge in [-0.2, -0.15) is 0 Å². The molecule has 0 saturated heterocycles. The second-order valence-electron chi connectivity index (χ2n) is 4.79. The van der Waals surface area contributed by atoms with Gasteiger partial charge in [0.1, 0.15) is 5.03 Å². The summed E-state index contributed by atoms with van der Waals surface area (Å²) in [5.41, 5.74) is 0.849. The molecule has 1 aliphatic heterocycles. The lowest BCUT2D eigenvalue weighted by Gasteiger charge is -2.32. The van der Waals surface area contributed by atoms with Crippen LogP contribution in [0.1, 0.15) is 27.2 Å². The van der Waals surface area contributed by atoms with Crippen LogP contribution in [-0.2, 0) is 9.59 Å². The zero-order valence-electron chi connectivity index (χ0n) is 12.7. The molecule has 0 aromatic carbocycles. The maximum absolute atomic E-state index is 12.6. The number of amides is 2. The molecule has 0 aliphatic carbocycles. The SMILES string of the molecule is CCN(CC)C(=O)C[C@H]1Sc2ncccc2N(CC)C1=O. The van der Waals surface area contributed by atoms with Crippen molar-refractivity contribution in [2.75, 3.05) is 24.5 Å². The second kappa shape index (κ2) is 6.93. The molecular weight excluding hydrogens is 286 g/mol. The van der Waals surface area contributed by atoms with E-state index in [0.717, 1.165) is 10.7 Å². The van der Waals surface area contributed by atoms with Gasteiger partial charge < -0.3 is 9.80 Å². The standard InChI is InChI=1S/C15H21N3O2S/c1-4-17(5-2)13(19)10-12-15(20)18(6-3)11-8-7-9-16-14(11)21-12/h7-9,12H,4-6,10H2,1-3H3/t12-/m1/s1. The van der Waals surface area contributed by atoms with Crippen LogP contribution in [0.3, 0.4) is 0 Å². The average Bonchev–Trinajstić information content (AvgIpc) is 2.49. The number of hydrogen-bond acceptors (Lipinski definition) is 4. The molecule has 0 fully saturated rings. The summed E-state index contributed by atoms with van der Waals surface area (Å²) in [6, 6.07) is 3.73. The molecule has 6 heteroatoms. The fraction of sp³-hybridized carbons (Fsp3) is 0.533. The van der Waals surface area contributed by atoms with Crippen molar-refractivity contribution in [1.82, 2.24) is 9.88 Å². The number of carbonyl (C=O) groups excluding carboxylic acids is 2. The first-order chi connectivity index (χ1) is 10.1. The van der Waals surface area contributed by atoms with E-state index in [1.165, 1.54) is 11.8 Å². The fourth-order valence-electron chi connectivity index (χ4n) is 2.48. The summed E-state index contributed by atoms with van der Waals surface area (Å²) in [4.78, 5) is 32.6. The number of aromatic nitrogens is 1. The van der Waals surface area contributed by atoms with Crippen LogP contribution >= 0.6 is 11.8 Å². The number of hydrogen-bond donors (Lipinski definition) is 0. The molecule has 0 saturated carbocycles. The molecule has 0 bridgehead atoms. The maximum atomic E-state index is 12.6.